The van der Waals surface area contributed by atoms with Crippen LogP contribution in [0.2, 0.25) is 0 Å². The SMILES string of the molecule is COC(=O)[C@@H](CP(=O)(OC)OC)NC(=O)/C=C(\C)CC/C=C(\C)CCC=C(C)C. The third-order valence-corrected chi connectivity index (χ3v) is 6.19. The van der Waals surface area contributed by atoms with Crippen LogP contribution < -0.4 is 5.32 Å². The summed E-state index contributed by atoms with van der Waals surface area (Å²) in [5.74, 6) is -1.17. The van der Waals surface area contributed by atoms with Crippen LogP contribution >= 0.6 is 7.60 Å². The molecule has 0 radical (unpaired) electrons. The molecule has 1 N–H and O–H groups in total. The van der Waals surface area contributed by atoms with Crippen LogP contribution in [0, 0.1) is 0 Å². The Balaban J connectivity index is 4.78. The zero-order valence-electron chi connectivity index (χ0n) is 18.7. The van der Waals surface area contributed by atoms with Crippen molar-refractivity contribution >= 4 is 19.5 Å². The van der Waals surface area contributed by atoms with Crippen molar-refractivity contribution < 1.29 is 27.9 Å². The van der Waals surface area contributed by atoms with Crippen molar-refractivity contribution in [2.24, 2.45) is 0 Å². The van der Waals surface area contributed by atoms with Crippen molar-refractivity contribution in [2.75, 3.05) is 27.5 Å². The third kappa shape index (κ3) is 12.5. The highest BCUT2D eigenvalue weighted by Gasteiger charge is 2.32. The van der Waals surface area contributed by atoms with E-state index in [0.29, 0.717) is 0 Å². The van der Waals surface area contributed by atoms with Gasteiger partial charge in [-0.2, -0.15) is 0 Å². The van der Waals surface area contributed by atoms with Gasteiger partial charge in [0, 0.05) is 20.3 Å². The summed E-state index contributed by atoms with van der Waals surface area (Å²) in [5.41, 5.74) is 3.52. The quantitative estimate of drug-likeness (QED) is 0.200. The fraction of sp³-hybridized carbons (Fsp3) is 0.619. The molecule has 0 aliphatic carbocycles. The zero-order chi connectivity index (χ0) is 22.4. The molecule has 0 saturated heterocycles. The predicted octanol–water partition coefficient (Wildman–Crippen LogP) is 4.55. The number of ether oxygens (including phenoxy) is 1. The van der Waals surface area contributed by atoms with E-state index >= 15 is 0 Å². The summed E-state index contributed by atoms with van der Waals surface area (Å²) in [7, 11) is 0.150. The molecule has 0 rings (SSSR count). The van der Waals surface area contributed by atoms with Crippen molar-refractivity contribution in [3.05, 3.63) is 34.9 Å². The molecule has 0 aromatic rings. The Labute approximate surface area is 175 Å². The van der Waals surface area contributed by atoms with Gasteiger partial charge in [-0.3, -0.25) is 9.36 Å². The molecular weight excluding hydrogens is 393 g/mol. The van der Waals surface area contributed by atoms with Gasteiger partial charge in [0.1, 0.15) is 6.04 Å². The van der Waals surface area contributed by atoms with Gasteiger partial charge < -0.3 is 19.1 Å². The highest BCUT2D eigenvalue weighted by molar-refractivity contribution is 7.53. The monoisotopic (exact) mass is 429 g/mol. The number of methoxy groups -OCH3 is 1. The minimum Gasteiger partial charge on any atom is -0.467 e. The van der Waals surface area contributed by atoms with Crippen LogP contribution in [0.4, 0.5) is 0 Å². The second-order valence-electron chi connectivity index (χ2n) is 7.14. The van der Waals surface area contributed by atoms with E-state index in [1.165, 1.54) is 38.6 Å². The average Bonchev–Trinajstić information content (AvgIpc) is 2.66. The van der Waals surface area contributed by atoms with Gasteiger partial charge in [-0.05, 0) is 53.4 Å². The number of allylic oxidation sites excluding steroid dienone is 5. The summed E-state index contributed by atoms with van der Waals surface area (Å²) in [6.45, 7) is 8.14. The Hall–Kier alpha value is -1.69. The zero-order valence-corrected chi connectivity index (χ0v) is 19.6. The molecule has 1 atom stereocenters. The molecule has 0 aliphatic heterocycles. The van der Waals surface area contributed by atoms with Crippen LogP contribution in [0.5, 0.6) is 0 Å². The number of esters is 1. The molecule has 1 amide bonds. The fourth-order valence-corrected chi connectivity index (χ4v) is 3.65. The smallest absolute Gasteiger partial charge is 0.332 e. The topological polar surface area (TPSA) is 90.9 Å². The van der Waals surface area contributed by atoms with E-state index in [0.717, 1.165) is 31.3 Å². The van der Waals surface area contributed by atoms with Crippen molar-refractivity contribution in [1.82, 2.24) is 5.32 Å². The number of hydrogen-bond acceptors (Lipinski definition) is 6. The lowest BCUT2D eigenvalue weighted by Crippen LogP contribution is -2.43. The molecule has 7 nitrogen and oxygen atoms in total. The number of carbonyl (C=O) groups is 2. The van der Waals surface area contributed by atoms with Gasteiger partial charge in [-0.25, -0.2) is 4.79 Å². The van der Waals surface area contributed by atoms with Gasteiger partial charge >= 0.3 is 13.6 Å². The average molecular weight is 429 g/mol. The maximum atomic E-state index is 12.3. The molecule has 0 aliphatic rings. The van der Waals surface area contributed by atoms with Gasteiger partial charge in [0.25, 0.3) is 0 Å². The van der Waals surface area contributed by atoms with Gasteiger partial charge in [-0.15, -0.1) is 0 Å². The Kier molecular flexibility index (Phi) is 13.5. The van der Waals surface area contributed by atoms with Crippen LogP contribution in [0.15, 0.2) is 34.9 Å². The molecular formula is C21H36NO6P. The van der Waals surface area contributed by atoms with Gasteiger partial charge in [0.2, 0.25) is 5.91 Å². The predicted molar refractivity (Wildman–Crippen MR) is 116 cm³/mol. The lowest BCUT2D eigenvalue weighted by Gasteiger charge is -2.20. The van der Waals surface area contributed by atoms with E-state index in [1.807, 2.05) is 6.92 Å². The lowest BCUT2D eigenvalue weighted by molar-refractivity contribution is -0.144. The number of nitrogens with one attached hydrogen (secondary N) is 1. The number of carbonyl (C=O) groups excluding carboxylic acids is 2. The number of amides is 1. The van der Waals surface area contributed by atoms with Crippen LogP contribution in [-0.2, 0) is 27.9 Å². The lowest BCUT2D eigenvalue weighted by atomic mass is 10.1. The van der Waals surface area contributed by atoms with Gasteiger partial charge in [-0.1, -0.05) is 28.9 Å². The summed E-state index contributed by atoms with van der Waals surface area (Å²) in [5, 5.41) is 2.52. The summed E-state index contributed by atoms with van der Waals surface area (Å²) < 4.78 is 26.6. The summed E-state index contributed by atoms with van der Waals surface area (Å²) in [6, 6.07) is -1.13. The number of rotatable bonds is 13. The van der Waals surface area contributed by atoms with E-state index in [2.05, 4.69) is 43.0 Å². The fourth-order valence-electron chi connectivity index (χ4n) is 2.51. The molecule has 0 heterocycles. The molecule has 0 fully saturated rings. The van der Waals surface area contributed by atoms with Crippen molar-refractivity contribution in [3.63, 3.8) is 0 Å². The maximum absolute atomic E-state index is 12.3. The highest BCUT2D eigenvalue weighted by atomic mass is 31.2. The first-order chi connectivity index (χ1) is 13.6. The van der Waals surface area contributed by atoms with Crippen LogP contribution in [0.25, 0.3) is 0 Å². The van der Waals surface area contributed by atoms with E-state index in [1.54, 1.807) is 0 Å². The van der Waals surface area contributed by atoms with Crippen LogP contribution in [-0.4, -0.2) is 45.4 Å². The van der Waals surface area contributed by atoms with E-state index in [9.17, 15) is 14.2 Å². The first kappa shape index (κ1) is 27.3. The van der Waals surface area contributed by atoms with Crippen molar-refractivity contribution in [2.45, 2.75) is 59.4 Å². The third-order valence-electron chi connectivity index (χ3n) is 4.26. The molecule has 0 spiro atoms. The summed E-state index contributed by atoms with van der Waals surface area (Å²) in [4.78, 5) is 24.2. The standard InChI is InChI=1S/C21H36NO6P/c1-16(2)10-8-11-17(3)12-9-13-18(4)14-20(23)22-19(21(24)26-5)15-29(25,27-6)28-7/h10,12,14,19H,8-9,11,13,15H2,1-7H3,(H,22,23)/b17-12+,18-14+/t19-/m1/s1. The molecule has 0 unspecified atom stereocenters. The van der Waals surface area contributed by atoms with Gasteiger partial charge in [0.15, 0.2) is 0 Å². The molecule has 0 aromatic carbocycles. The molecule has 166 valence electrons. The Morgan fingerprint density at radius 1 is 0.931 bits per heavy atom. The van der Waals surface area contributed by atoms with E-state index in [-0.39, 0.29) is 6.16 Å². The molecule has 8 heteroatoms. The first-order valence-corrected chi connectivity index (χ1v) is 11.3. The molecule has 0 bridgehead atoms. The largest absolute Gasteiger partial charge is 0.467 e. The summed E-state index contributed by atoms with van der Waals surface area (Å²) in [6.07, 6.45) is 9.14. The Morgan fingerprint density at radius 3 is 2.00 bits per heavy atom. The minimum absolute atomic E-state index is 0.307. The van der Waals surface area contributed by atoms with E-state index < -0.39 is 25.5 Å². The number of hydrogen-bond donors (Lipinski definition) is 1. The Morgan fingerprint density at radius 2 is 1.48 bits per heavy atom. The Bertz CT molecular complexity index is 669. The normalized spacial score (nSPS) is 13.6. The molecule has 0 aromatic heterocycles. The van der Waals surface area contributed by atoms with Gasteiger partial charge in [0.05, 0.1) is 13.3 Å². The second-order valence-corrected chi connectivity index (χ2v) is 9.46. The van der Waals surface area contributed by atoms with E-state index in [4.69, 9.17) is 9.05 Å². The van der Waals surface area contributed by atoms with Crippen LogP contribution in [0.1, 0.15) is 53.4 Å². The van der Waals surface area contributed by atoms with Crippen molar-refractivity contribution in [3.8, 4) is 0 Å². The van der Waals surface area contributed by atoms with Crippen molar-refractivity contribution in [1.29, 1.82) is 0 Å². The van der Waals surface area contributed by atoms with Crippen LogP contribution in [0.3, 0.4) is 0 Å². The molecule has 29 heavy (non-hydrogen) atoms. The highest BCUT2D eigenvalue weighted by Crippen LogP contribution is 2.46. The summed E-state index contributed by atoms with van der Waals surface area (Å²) >= 11 is 0. The molecule has 0 saturated carbocycles. The minimum atomic E-state index is -3.49. The second kappa shape index (κ2) is 14.3. The maximum Gasteiger partial charge on any atom is 0.332 e. The first-order valence-electron chi connectivity index (χ1n) is 9.61.